The third-order valence-electron chi connectivity index (χ3n) is 2.84. The summed E-state index contributed by atoms with van der Waals surface area (Å²) in [6.45, 7) is 7.66. The molecule has 0 heterocycles. The van der Waals surface area contributed by atoms with Crippen molar-refractivity contribution in [3.63, 3.8) is 0 Å². The van der Waals surface area contributed by atoms with Crippen LogP contribution in [-0.2, 0) is 9.47 Å². The lowest BCUT2D eigenvalue weighted by Crippen LogP contribution is -2.36. The van der Waals surface area contributed by atoms with Crippen molar-refractivity contribution in [3.8, 4) is 0 Å². The molecular weight excluding hydrogens is 281 g/mol. The Labute approximate surface area is 125 Å². The Morgan fingerprint density at radius 2 is 1.85 bits per heavy atom. The summed E-state index contributed by atoms with van der Waals surface area (Å²) in [6, 6.07) is 4.04. The highest BCUT2D eigenvalue weighted by atomic mass is 35.5. The fourth-order valence-corrected chi connectivity index (χ4v) is 2.21. The summed E-state index contributed by atoms with van der Waals surface area (Å²) in [5, 5.41) is 3.83. The number of nitrogens with one attached hydrogen (secondary N) is 1. The van der Waals surface area contributed by atoms with Gasteiger partial charge in [-0.3, -0.25) is 0 Å². The molecule has 1 aromatic rings. The average Bonchev–Trinajstić information content (AvgIpc) is 2.43. The van der Waals surface area contributed by atoms with Crippen molar-refractivity contribution in [2.45, 2.75) is 39.5 Å². The zero-order chi connectivity index (χ0) is 15.0. The summed E-state index contributed by atoms with van der Waals surface area (Å²) in [6.07, 6.45) is 0.463. The van der Waals surface area contributed by atoms with E-state index in [1.54, 1.807) is 6.07 Å². The van der Waals surface area contributed by atoms with Crippen molar-refractivity contribution in [2.75, 3.05) is 19.8 Å². The van der Waals surface area contributed by atoms with E-state index in [9.17, 15) is 4.39 Å². The number of rotatable bonds is 9. The maximum atomic E-state index is 13.5. The van der Waals surface area contributed by atoms with E-state index >= 15 is 0 Å². The van der Waals surface area contributed by atoms with Crippen LogP contribution in [0, 0.1) is 5.82 Å². The quantitative estimate of drug-likeness (QED) is 0.701. The van der Waals surface area contributed by atoms with Crippen LogP contribution in [0.25, 0.3) is 0 Å². The first-order valence-corrected chi connectivity index (χ1v) is 7.43. The summed E-state index contributed by atoms with van der Waals surface area (Å²) < 4.78 is 24.7. The molecular formula is C15H23ClFNO2. The minimum Gasteiger partial charge on any atom is -0.351 e. The Morgan fingerprint density at radius 3 is 2.40 bits per heavy atom. The van der Waals surface area contributed by atoms with Gasteiger partial charge in [0.05, 0.1) is 6.04 Å². The number of benzene rings is 1. The van der Waals surface area contributed by atoms with Crippen molar-refractivity contribution >= 4 is 11.6 Å². The molecule has 3 nitrogen and oxygen atoms in total. The highest BCUT2D eigenvalue weighted by Gasteiger charge is 2.26. The normalized spacial score (nSPS) is 12.9. The van der Waals surface area contributed by atoms with E-state index < -0.39 is 6.29 Å². The fraction of sp³-hybridized carbons (Fsp3) is 0.600. The molecule has 0 aromatic heterocycles. The van der Waals surface area contributed by atoms with E-state index in [1.807, 2.05) is 13.8 Å². The van der Waals surface area contributed by atoms with Gasteiger partial charge in [0.1, 0.15) is 5.82 Å². The van der Waals surface area contributed by atoms with Gasteiger partial charge in [-0.25, -0.2) is 4.39 Å². The van der Waals surface area contributed by atoms with Gasteiger partial charge in [-0.05, 0) is 50.6 Å². The van der Waals surface area contributed by atoms with Gasteiger partial charge >= 0.3 is 0 Å². The second kappa shape index (κ2) is 9.29. The molecule has 1 atom stereocenters. The molecule has 5 heteroatoms. The summed E-state index contributed by atoms with van der Waals surface area (Å²) in [7, 11) is 0. The topological polar surface area (TPSA) is 30.5 Å². The first-order valence-electron chi connectivity index (χ1n) is 7.05. The molecule has 1 N–H and O–H groups in total. The lowest BCUT2D eigenvalue weighted by molar-refractivity contribution is -0.155. The van der Waals surface area contributed by atoms with E-state index in [2.05, 4.69) is 12.2 Å². The Bertz CT molecular complexity index is 397. The second-order valence-electron chi connectivity index (χ2n) is 4.38. The van der Waals surface area contributed by atoms with Crippen molar-refractivity contribution < 1.29 is 13.9 Å². The van der Waals surface area contributed by atoms with Crippen molar-refractivity contribution in [2.24, 2.45) is 0 Å². The van der Waals surface area contributed by atoms with Gasteiger partial charge in [-0.15, -0.1) is 0 Å². The molecule has 1 unspecified atom stereocenters. The zero-order valence-corrected chi connectivity index (χ0v) is 13.0. The molecule has 0 radical (unpaired) electrons. The lowest BCUT2D eigenvalue weighted by atomic mass is 10.1. The van der Waals surface area contributed by atoms with E-state index in [1.165, 1.54) is 12.1 Å². The molecule has 114 valence electrons. The van der Waals surface area contributed by atoms with Gasteiger partial charge in [0.25, 0.3) is 0 Å². The molecule has 0 fully saturated rings. The van der Waals surface area contributed by atoms with Crippen LogP contribution in [0.4, 0.5) is 4.39 Å². The molecule has 0 saturated carbocycles. The number of halogens is 2. The predicted molar refractivity (Wildman–Crippen MR) is 79.5 cm³/mol. The van der Waals surface area contributed by atoms with Gasteiger partial charge < -0.3 is 14.8 Å². The van der Waals surface area contributed by atoms with Gasteiger partial charge in [0, 0.05) is 18.2 Å². The minimum atomic E-state index is -0.490. The summed E-state index contributed by atoms with van der Waals surface area (Å²) in [5.41, 5.74) is 0.659. The first-order chi connectivity index (χ1) is 9.63. The molecule has 0 spiro atoms. The zero-order valence-electron chi connectivity index (χ0n) is 12.3. The Balaban J connectivity index is 3.04. The Kier molecular flexibility index (Phi) is 8.07. The molecule has 1 aromatic carbocycles. The number of ether oxygens (including phenoxy) is 2. The van der Waals surface area contributed by atoms with E-state index in [4.69, 9.17) is 21.1 Å². The predicted octanol–water partition coefficient (Wildman–Crippen LogP) is 3.92. The Hall–Kier alpha value is -0.680. The van der Waals surface area contributed by atoms with E-state index in [0.717, 1.165) is 13.0 Å². The molecule has 20 heavy (non-hydrogen) atoms. The van der Waals surface area contributed by atoms with Crippen LogP contribution in [0.1, 0.15) is 38.8 Å². The number of hydrogen-bond acceptors (Lipinski definition) is 3. The summed E-state index contributed by atoms with van der Waals surface area (Å²) in [4.78, 5) is 0. The van der Waals surface area contributed by atoms with Crippen LogP contribution in [-0.4, -0.2) is 26.0 Å². The van der Waals surface area contributed by atoms with Crippen molar-refractivity contribution in [3.05, 3.63) is 34.6 Å². The number of hydrogen-bond donors (Lipinski definition) is 1. The molecule has 0 aliphatic rings. The van der Waals surface area contributed by atoms with Crippen LogP contribution < -0.4 is 5.32 Å². The average molecular weight is 304 g/mol. The molecule has 0 aliphatic heterocycles. The highest BCUT2D eigenvalue weighted by molar-refractivity contribution is 6.31. The smallest absolute Gasteiger partial charge is 0.176 e. The van der Waals surface area contributed by atoms with Gasteiger partial charge in [-0.2, -0.15) is 0 Å². The van der Waals surface area contributed by atoms with E-state index in [0.29, 0.717) is 23.8 Å². The molecule has 0 amide bonds. The lowest BCUT2D eigenvalue weighted by Gasteiger charge is -2.28. The monoisotopic (exact) mass is 303 g/mol. The van der Waals surface area contributed by atoms with Crippen LogP contribution in [0.5, 0.6) is 0 Å². The van der Waals surface area contributed by atoms with Gasteiger partial charge in [-0.1, -0.05) is 18.5 Å². The molecule has 0 bridgehead atoms. The van der Waals surface area contributed by atoms with Gasteiger partial charge in [0.2, 0.25) is 0 Å². The first kappa shape index (κ1) is 17.4. The standard InChI is InChI=1S/C15H23ClFNO2/c1-4-9-18-14(15(19-5-2)20-6-3)12-10-11(17)7-8-13(12)16/h7-8,10,14-15,18H,4-6,9H2,1-3H3. The third kappa shape index (κ3) is 5.02. The van der Waals surface area contributed by atoms with Crippen LogP contribution in [0.2, 0.25) is 5.02 Å². The fourth-order valence-electron chi connectivity index (χ4n) is 1.97. The summed E-state index contributed by atoms with van der Waals surface area (Å²) in [5.74, 6) is -0.320. The highest BCUT2D eigenvalue weighted by Crippen LogP contribution is 2.28. The SMILES string of the molecule is CCCNC(c1cc(F)ccc1Cl)C(OCC)OCC. The molecule has 0 aliphatic carbocycles. The molecule has 1 rings (SSSR count). The Morgan fingerprint density at radius 1 is 1.20 bits per heavy atom. The van der Waals surface area contributed by atoms with Gasteiger partial charge in [0.15, 0.2) is 6.29 Å². The van der Waals surface area contributed by atoms with Crippen LogP contribution in [0.3, 0.4) is 0 Å². The van der Waals surface area contributed by atoms with Crippen LogP contribution in [0.15, 0.2) is 18.2 Å². The second-order valence-corrected chi connectivity index (χ2v) is 4.78. The summed E-state index contributed by atoms with van der Waals surface area (Å²) >= 11 is 6.20. The van der Waals surface area contributed by atoms with E-state index in [-0.39, 0.29) is 11.9 Å². The van der Waals surface area contributed by atoms with Crippen LogP contribution >= 0.6 is 11.6 Å². The van der Waals surface area contributed by atoms with Crippen molar-refractivity contribution in [1.29, 1.82) is 0 Å². The third-order valence-corrected chi connectivity index (χ3v) is 3.19. The maximum Gasteiger partial charge on any atom is 0.176 e. The minimum absolute atomic E-state index is 0.293. The maximum absolute atomic E-state index is 13.5. The molecule has 0 saturated heterocycles. The largest absolute Gasteiger partial charge is 0.351 e. The van der Waals surface area contributed by atoms with Crippen molar-refractivity contribution in [1.82, 2.24) is 5.32 Å².